The Morgan fingerprint density at radius 2 is 1.40 bits per heavy atom. The second-order valence-corrected chi connectivity index (χ2v) is 5.76. The highest BCUT2D eigenvalue weighted by Gasteiger charge is 2.18. The SMILES string of the molecule is CC(C)C(C)C(=O)c1ccc(Cc2ccccc2)cc1. The number of carbonyl (C=O) groups is 1. The van der Waals surface area contributed by atoms with Crippen molar-refractivity contribution < 1.29 is 4.79 Å². The Labute approximate surface area is 121 Å². The molecule has 104 valence electrons. The third-order valence-corrected chi connectivity index (χ3v) is 3.90. The molecule has 0 fully saturated rings. The average Bonchev–Trinajstić information content (AvgIpc) is 2.47. The van der Waals surface area contributed by atoms with Gasteiger partial charge in [0.25, 0.3) is 0 Å². The van der Waals surface area contributed by atoms with E-state index < -0.39 is 0 Å². The quantitative estimate of drug-likeness (QED) is 0.714. The van der Waals surface area contributed by atoms with Crippen LogP contribution >= 0.6 is 0 Å². The fourth-order valence-electron chi connectivity index (χ4n) is 2.18. The molecule has 1 heteroatoms. The number of hydrogen-bond donors (Lipinski definition) is 0. The summed E-state index contributed by atoms with van der Waals surface area (Å²) < 4.78 is 0. The number of rotatable bonds is 5. The van der Waals surface area contributed by atoms with Crippen molar-refractivity contribution in [3.63, 3.8) is 0 Å². The van der Waals surface area contributed by atoms with Gasteiger partial charge in [0.1, 0.15) is 0 Å². The largest absolute Gasteiger partial charge is 0.294 e. The van der Waals surface area contributed by atoms with Crippen LogP contribution in [0.3, 0.4) is 0 Å². The standard InChI is InChI=1S/C19H22O/c1-14(2)15(3)19(20)18-11-9-17(10-12-18)13-16-7-5-4-6-8-16/h4-12,14-15H,13H2,1-3H3. The summed E-state index contributed by atoms with van der Waals surface area (Å²) in [4.78, 5) is 12.3. The second kappa shape index (κ2) is 6.51. The molecule has 2 aromatic rings. The van der Waals surface area contributed by atoms with Gasteiger partial charge in [-0.3, -0.25) is 4.79 Å². The molecule has 0 bridgehead atoms. The van der Waals surface area contributed by atoms with Gasteiger partial charge in [-0.2, -0.15) is 0 Å². The second-order valence-electron chi connectivity index (χ2n) is 5.76. The van der Waals surface area contributed by atoms with Crippen molar-refractivity contribution in [3.8, 4) is 0 Å². The summed E-state index contributed by atoms with van der Waals surface area (Å²) in [7, 11) is 0. The maximum absolute atomic E-state index is 12.3. The van der Waals surface area contributed by atoms with E-state index in [1.54, 1.807) is 0 Å². The van der Waals surface area contributed by atoms with Gasteiger partial charge in [0.2, 0.25) is 0 Å². The summed E-state index contributed by atoms with van der Waals surface area (Å²) in [5, 5.41) is 0. The third kappa shape index (κ3) is 3.57. The highest BCUT2D eigenvalue weighted by Crippen LogP contribution is 2.18. The fourth-order valence-corrected chi connectivity index (χ4v) is 2.18. The van der Waals surface area contributed by atoms with Crippen LogP contribution in [-0.2, 0) is 6.42 Å². The van der Waals surface area contributed by atoms with Crippen molar-refractivity contribution in [1.29, 1.82) is 0 Å². The molecule has 0 aliphatic rings. The first kappa shape index (κ1) is 14.5. The summed E-state index contributed by atoms with van der Waals surface area (Å²) in [6, 6.07) is 18.4. The Morgan fingerprint density at radius 1 is 0.850 bits per heavy atom. The van der Waals surface area contributed by atoms with E-state index in [4.69, 9.17) is 0 Å². The van der Waals surface area contributed by atoms with Crippen LogP contribution in [0.1, 0.15) is 42.3 Å². The Bertz CT molecular complexity index is 552. The zero-order valence-electron chi connectivity index (χ0n) is 12.5. The molecule has 1 atom stereocenters. The minimum atomic E-state index is 0.0787. The molecule has 2 rings (SSSR count). The van der Waals surface area contributed by atoms with E-state index in [0.29, 0.717) is 5.92 Å². The number of carbonyl (C=O) groups excluding carboxylic acids is 1. The predicted octanol–water partition coefficient (Wildman–Crippen LogP) is 4.75. The van der Waals surface area contributed by atoms with E-state index >= 15 is 0 Å². The molecular weight excluding hydrogens is 244 g/mol. The van der Waals surface area contributed by atoms with Crippen molar-refractivity contribution in [1.82, 2.24) is 0 Å². The van der Waals surface area contributed by atoms with E-state index in [0.717, 1.165) is 12.0 Å². The molecule has 0 N–H and O–H groups in total. The maximum atomic E-state index is 12.3. The normalized spacial score (nSPS) is 12.4. The lowest BCUT2D eigenvalue weighted by molar-refractivity contribution is 0.0900. The first-order valence-electron chi connectivity index (χ1n) is 7.25. The fraction of sp³-hybridized carbons (Fsp3) is 0.316. The molecule has 2 aromatic carbocycles. The van der Waals surface area contributed by atoms with Crippen LogP contribution in [0.2, 0.25) is 0 Å². The van der Waals surface area contributed by atoms with Crippen molar-refractivity contribution >= 4 is 5.78 Å². The minimum absolute atomic E-state index is 0.0787. The lowest BCUT2D eigenvalue weighted by atomic mass is 9.89. The van der Waals surface area contributed by atoms with Gasteiger partial charge in [0.05, 0.1) is 0 Å². The average molecular weight is 266 g/mol. The Balaban J connectivity index is 2.09. The van der Waals surface area contributed by atoms with Gasteiger partial charge in [0, 0.05) is 11.5 Å². The summed E-state index contributed by atoms with van der Waals surface area (Å²) >= 11 is 0. The number of benzene rings is 2. The van der Waals surface area contributed by atoms with Crippen LogP contribution in [0.25, 0.3) is 0 Å². The topological polar surface area (TPSA) is 17.1 Å². The van der Waals surface area contributed by atoms with Crippen LogP contribution in [0.15, 0.2) is 54.6 Å². The molecule has 1 nitrogen and oxygen atoms in total. The summed E-state index contributed by atoms with van der Waals surface area (Å²) in [6.07, 6.45) is 0.912. The smallest absolute Gasteiger partial charge is 0.165 e. The van der Waals surface area contributed by atoms with Gasteiger partial charge in [-0.15, -0.1) is 0 Å². The van der Waals surface area contributed by atoms with E-state index in [1.165, 1.54) is 11.1 Å². The third-order valence-electron chi connectivity index (χ3n) is 3.90. The first-order valence-corrected chi connectivity index (χ1v) is 7.25. The van der Waals surface area contributed by atoms with Gasteiger partial charge in [-0.1, -0.05) is 75.4 Å². The molecule has 0 saturated heterocycles. The van der Waals surface area contributed by atoms with E-state index in [-0.39, 0.29) is 11.7 Å². The van der Waals surface area contributed by atoms with Crippen molar-refractivity contribution in [2.75, 3.05) is 0 Å². The number of hydrogen-bond acceptors (Lipinski definition) is 1. The van der Waals surface area contributed by atoms with Crippen LogP contribution in [0.4, 0.5) is 0 Å². The van der Waals surface area contributed by atoms with Crippen molar-refractivity contribution in [3.05, 3.63) is 71.3 Å². The van der Waals surface area contributed by atoms with Gasteiger partial charge < -0.3 is 0 Å². The summed E-state index contributed by atoms with van der Waals surface area (Å²) in [6.45, 7) is 6.18. The maximum Gasteiger partial charge on any atom is 0.165 e. The number of ketones is 1. The molecule has 1 unspecified atom stereocenters. The first-order chi connectivity index (χ1) is 9.58. The molecule has 0 aliphatic heterocycles. The van der Waals surface area contributed by atoms with Crippen LogP contribution in [0, 0.1) is 11.8 Å². The molecule has 0 amide bonds. The minimum Gasteiger partial charge on any atom is -0.294 e. The van der Waals surface area contributed by atoms with E-state index in [9.17, 15) is 4.79 Å². The van der Waals surface area contributed by atoms with Crippen molar-refractivity contribution in [2.24, 2.45) is 11.8 Å². The lowest BCUT2D eigenvalue weighted by Crippen LogP contribution is -2.16. The van der Waals surface area contributed by atoms with Gasteiger partial charge >= 0.3 is 0 Å². The predicted molar refractivity (Wildman–Crippen MR) is 84.0 cm³/mol. The Hall–Kier alpha value is -1.89. The molecular formula is C19H22O. The van der Waals surface area contributed by atoms with Crippen LogP contribution in [-0.4, -0.2) is 5.78 Å². The van der Waals surface area contributed by atoms with E-state index in [2.05, 4.69) is 50.2 Å². The van der Waals surface area contributed by atoms with E-state index in [1.807, 2.05) is 25.1 Å². The lowest BCUT2D eigenvalue weighted by Gasteiger charge is -2.14. The van der Waals surface area contributed by atoms with Gasteiger partial charge in [0.15, 0.2) is 5.78 Å². The molecule has 0 aliphatic carbocycles. The monoisotopic (exact) mass is 266 g/mol. The van der Waals surface area contributed by atoms with Gasteiger partial charge in [-0.05, 0) is 23.5 Å². The summed E-state index contributed by atoms with van der Waals surface area (Å²) in [5.74, 6) is 0.702. The molecule has 0 spiro atoms. The molecule has 0 saturated carbocycles. The Kier molecular flexibility index (Phi) is 4.73. The zero-order valence-corrected chi connectivity index (χ0v) is 12.5. The molecule has 20 heavy (non-hydrogen) atoms. The summed E-state index contributed by atoms with van der Waals surface area (Å²) in [5.41, 5.74) is 3.36. The molecule has 0 radical (unpaired) electrons. The molecule has 0 heterocycles. The van der Waals surface area contributed by atoms with Crippen LogP contribution in [0.5, 0.6) is 0 Å². The molecule has 0 aromatic heterocycles. The van der Waals surface area contributed by atoms with Crippen molar-refractivity contribution in [2.45, 2.75) is 27.2 Å². The highest BCUT2D eigenvalue weighted by atomic mass is 16.1. The highest BCUT2D eigenvalue weighted by molar-refractivity contribution is 5.97. The Morgan fingerprint density at radius 3 is 1.95 bits per heavy atom. The van der Waals surface area contributed by atoms with Crippen LogP contribution < -0.4 is 0 Å². The van der Waals surface area contributed by atoms with Gasteiger partial charge in [-0.25, -0.2) is 0 Å². The number of Topliss-reactive ketones (excluding diaryl/α,β-unsaturated/α-hetero) is 1. The zero-order chi connectivity index (χ0) is 14.5.